The van der Waals surface area contributed by atoms with Crippen LogP contribution in [0.2, 0.25) is 0 Å². The molecule has 2 rings (SSSR count). The molecule has 0 radical (unpaired) electrons. The van der Waals surface area contributed by atoms with Gasteiger partial charge in [0.15, 0.2) is 0 Å². The SMILES string of the molecule is S=c1nc(-n2cncn2)[nH][nH]1. The second-order valence-electron chi connectivity index (χ2n) is 1.83. The average Bonchev–Trinajstić information content (AvgIpc) is 2.55. The minimum atomic E-state index is 0.399. The minimum Gasteiger partial charge on any atom is -0.272 e. The normalized spacial score (nSPS) is 10.2. The molecule has 0 amide bonds. The molecule has 0 bridgehead atoms. The molecule has 7 heteroatoms. The van der Waals surface area contributed by atoms with Gasteiger partial charge in [-0.25, -0.2) is 4.98 Å². The summed E-state index contributed by atoms with van der Waals surface area (Å²) in [5.41, 5.74) is 0. The first-order chi connectivity index (χ1) is 5.36. The van der Waals surface area contributed by atoms with E-state index >= 15 is 0 Å². The van der Waals surface area contributed by atoms with Gasteiger partial charge in [-0.3, -0.25) is 10.2 Å². The highest BCUT2D eigenvalue weighted by atomic mass is 32.1. The van der Waals surface area contributed by atoms with Crippen molar-refractivity contribution in [1.82, 2.24) is 29.9 Å². The summed E-state index contributed by atoms with van der Waals surface area (Å²) in [5, 5.41) is 9.22. The zero-order chi connectivity index (χ0) is 7.68. The van der Waals surface area contributed by atoms with Gasteiger partial charge in [-0.2, -0.15) is 14.8 Å². The van der Waals surface area contributed by atoms with Crippen molar-refractivity contribution in [2.24, 2.45) is 0 Å². The first-order valence-electron chi connectivity index (χ1n) is 2.86. The smallest absolute Gasteiger partial charge is 0.247 e. The molecule has 11 heavy (non-hydrogen) atoms. The zero-order valence-electron chi connectivity index (χ0n) is 5.35. The van der Waals surface area contributed by atoms with Crippen LogP contribution in [0.1, 0.15) is 0 Å². The van der Waals surface area contributed by atoms with Crippen LogP contribution in [0.4, 0.5) is 0 Å². The molecule has 6 nitrogen and oxygen atoms in total. The number of H-pyrrole nitrogens is 2. The standard InChI is InChI=1S/C4H4N6S/c11-4-7-3(8-9-4)10-2-5-1-6-10/h1-2H,(H2,7,8,9,11). The second-order valence-corrected chi connectivity index (χ2v) is 2.22. The van der Waals surface area contributed by atoms with Crippen LogP contribution in [-0.4, -0.2) is 29.9 Å². The number of hydrogen-bond donors (Lipinski definition) is 2. The van der Waals surface area contributed by atoms with Crippen LogP contribution in [0.15, 0.2) is 12.7 Å². The Morgan fingerprint density at radius 3 is 2.91 bits per heavy atom. The number of rotatable bonds is 1. The molecule has 2 aromatic rings. The molecule has 56 valence electrons. The number of aromatic nitrogens is 6. The van der Waals surface area contributed by atoms with E-state index in [1.54, 1.807) is 0 Å². The number of nitrogens with one attached hydrogen (secondary N) is 2. The molecule has 0 spiro atoms. The monoisotopic (exact) mass is 168 g/mol. The minimum absolute atomic E-state index is 0.399. The fourth-order valence-electron chi connectivity index (χ4n) is 0.688. The predicted molar refractivity (Wildman–Crippen MR) is 38.7 cm³/mol. The Labute approximate surface area is 66.3 Å². The average molecular weight is 168 g/mol. The first-order valence-corrected chi connectivity index (χ1v) is 3.27. The highest BCUT2D eigenvalue weighted by Gasteiger charge is 1.97. The van der Waals surface area contributed by atoms with E-state index < -0.39 is 0 Å². The van der Waals surface area contributed by atoms with E-state index in [0.29, 0.717) is 10.7 Å². The molecular formula is C4H4N6S. The highest BCUT2D eigenvalue weighted by Crippen LogP contribution is 1.92. The van der Waals surface area contributed by atoms with E-state index in [4.69, 9.17) is 12.2 Å². The van der Waals surface area contributed by atoms with Gasteiger partial charge in [0.05, 0.1) is 0 Å². The van der Waals surface area contributed by atoms with Crippen LogP contribution < -0.4 is 0 Å². The summed E-state index contributed by atoms with van der Waals surface area (Å²) in [5.74, 6) is 0.535. The Hall–Kier alpha value is -1.50. The van der Waals surface area contributed by atoms with Gasteiger partial charge in [0, 0.05) is 0 Å². The summed E-state index contributed by atoms with van der Waals surface area (Å²) in [6.07, 6.45) is 2.95. The lowest BCUT2D eigenvalue weighted by Gasteiger charge is -1.88. The fourth-order valence-corrected chi connectivity index (χ4v) is 0.825. The van der Waals surface area contributed by atoms with E-state index in [2.05, 4.69) is 25.3 Å². The highest BCUT2D eigenvalue weighted by molar-refractivity contribution is 7.71. The van der Waals surface area contributed by atoms with E-state index in [-0.39, 0.29) is 0 Å². The van der Waals surface area contributed by atoms with Gasteiger partial charge < -0.3 is 0 Å². The maximum atomic E-state index is 4.75. The maximum absolute atomic E-state index is 4.75. The van der Waals surface area contributed by atoms with Gasteiger partial charge >= 0.3 is 0 Å². The van der Waals surface area contributed by atoms with Gasteiger partial charge in [-0.05, 0) is 12.2 Å². The summed E-state index contributed by atoms with van der Waals surface area (Å²) >= 11 is 4.75. The third-order valence-electron chi connectivity index (χ3n) is 1.12. The van der Waals surface area contributed by atoms with E-state index in [0.717, 1.165) is 0 Å². The molecule has 2 aromatic heterocycles. The van der Waals surface area contributed by atoms with Crippen molar-refractivity contribution < 1.29 is 0 Å². The van der Waals surface area contributed by atoms with Crippen LogP contribution in [-0.2, 0) is 0 Å². The van der Waals surface area contributed by atoms with E-state index in [1.807, 2.05) is 0 Å². The van der Waals surface area contributed by atoms with Crippen molar-refractivity contribution in [1.29, 1.82) is 0 Å². The molecule has 2 heterocycles. The summed E-state index contributed by atoms with van der Waals surface area (Å²) in [6, 6.07) is 0. The lowest BCUT2D eigenvalue weighted by molar-refractivity contribution is 0.812. The van der Waals surface area contributed by atoms with Crippen molar-refractivity contribution in [3.63, 3.8) is 0 Å². The van der Waals surface area contributed by atoms with Crippen molar-refractivity contribution in [3.8, 4) is 5.95 Å². The molecule has 0 fully saturated rings. The molecule has 0 saturated carbocycles. The first kappa shape index (κ1) is 6.23. The molecule has 0 aliphatic rings. The Balaban J connectivity index is 2.53. The zero-order valence-corrected chi connectivity index (χ0v) is 6.17. The van der Waals surface area contributed by atoms with Gasteiger partial charge in [-0.1, -0.05) is 0 Å². The Kier molecular flexibility index (Phi) is 1.29. The molecule has 0 aliphatic heterocycles. The van der Waals surface area contributed by atoms with Crippen LogP contribution in [0.3, 0.4) is 0 Å². The predicted octanol–water partition coefficient (Wildman–Crippen LogP) is 0.0480. The van der Waals surface area contributed by atoms with Crippen molar-refractivity contribution in [2.45, 2.75) is 0 Å². The molecule has 0 saturated heterocycles. The van der Waals surface area contributed by atoms with Crippen molar-refractivity contribution >= 4 is 12.2 Å². The van der Waals surface area contributed by atoms with E-state index in [1.165, 1.54) is 17.3 Å². The van der Waals surface area contributed by atoms with Crippen LogP contribution in [0, 0.1) is 4.77 Å². The summed E-state index contributed by atoms with van der Waals surface area (Å²) in [6.45, 7) is 0. The Morgan fingerprint density at radius 2 is 2.36 bits per heavy atom. The van der Waals surface area contributed by atoms with Crippen molar-refractivity contribution in [2.75, 3.05) is 0 Å². The third kappa shape index (κ3) is 1.05. The molecule has 0 atom stereocenters. The van der Waals surface area contributed by atoms with E-state index in [9.17, 15) is 0 Å². The molecule has 0 aromatic carbocycles. The fraction of sp³-hybridized carbons (Fsp3) is 0. The quantitative estimate of drug-likeness (QED) is 0.590. The topological polar surface area (TPSA) is 75.2 Å². The Morgan fingerprint density at radius 1 is 1.45 bits per heavy atom. The molecule has 0 aliphatic carbocycles. The lowest BCUT2D eigenvalue weighted by Crippen LogP contribution is -1.96. The molecular weight excluding hydrogens is 164 g/mol. The maximum Gasteiger partial charge on any atom is 0.247 e. The lowest BCUT2D eigenvalue weighted by atomic mass is 11.0. The molecule has 2 N–H and O–H groups in total. The Bertz CT molecular complexity index is 383. The van der Waals surface area contributed by atoms with Crippen molar-refractivity contribution in [3.05, 3.63) is 17.4 Å². The number of hydrogen-bond acceptors (Lipinski definition) is 4. The van der Waals surface area contributed by atoms with Gasteiger partial charge in [0.2, 0.25) is 10.7 Å². The largest absolute Gasteiger partial charge is 0.272 e. The number of nitrogens with zero attached hydrogens (tertiary/aromatic N) is 4. The third-order valence-corrected chi connectivity index (χ3v) is 1.32. The van der Waals surface area contributed by atoms with Gasteiger partial charge in [0.1, 0.15) is 12.7 Å². The summed E-state index contributed by atoms with van der Waals surface area (Å²) in [4.78, 5) is 7.67. The molecule has 0 unspecified atom stereocenters. The van der Waals surface area contributed by atoms with Gasteiger partial charge in [0.25, 0.3) is 0 Å². The van der Waals surface area contributed by atoms with Gasteiger partial charge in [-0.15, -0.1) is 0 Å². The summed E-state index contributed by atoms with van der Waals surface area (Å²) < 4.78 is 1.88. The van der Waals surface area contributed by atoms with Crippen LogP contribution >= 0.6 is 12.2 Å². The van der Waals surface area contributed by atoms with Crippen LogP contribution in [0.25, 0.3) is 5.95 Å². The number of aromatic amines is 2. The second kappa shape index (κ2) is 2.27. The summed E-state index contributed by atoms with van der Waals surface area (Å²) in [7, 11) is 0. The van der Waals surface area contributed by atoms with Crippen LogP contribution in [0.5, 0.6) is 0 Å².